The second-order valence-corrected chi connectivity index (χ2v) is 10.6. The number of amides is 2. The van der Waals surface area contributed by atoms with Gasteiger partial charge in [-0.15, -0.1) is 11.8 Å². The van der Waals surface area contributed by atoms with Gasteiger partial charge in [-0.3, -0.25) is 9.59 Å². The zero-order valence-electron chi connectivity index (χ0n) is 18.1. The van der Waals surface area contributed by atoms with Gasteiger partial charge in [-0.2, -0.15) is 0 Å². The highest BCUT2D eigenvalue weighted by molar-refractivity contribution is 8.03. The van der Waals surface area contributed by atoms with Crippen LogP contribution in [0.1, 0.15) is 26.7 Å². The monoisotopic (exact) mass is 452 g/mol. The van der Waals surface area contributed by atoms with Crippen LogP contribution in [-0.2, 0) is 14.4 Å². The molecule has 6 atom stereocenters. The van der Waals surface area contributed by atoms with Crippen LogP contribution in [-0.4, -0.2) is 99.4 Å². The SMILES string of the molecule is C[C@@H](O)[C@H]1C(=O)N2C(C(=O)O)=C(S[C@@H]3CCN(C[C@@H]4CCN(C(=O)CN)C4)C3)[C@H](C)[C@H]12. The number of aliphatic carboxylic acids is 1. The number of nitrogens with zero attached hydrogens (tertiary/aromatic N) is 3. The summed E-state index contributed by atoms with van der Waals surface area (Å²) in [6.45, 7) is 7.90. The van der Waals surface area contributed by atoms with Crippen LogP contribution in [0.3, 0.4) is 0 Å². The van der Waals surface area contributed by atoms with Gasteiger partial charge in [-0.25, -0.2) is 4.79 Å². The summed E-state index contributed by atoms with van der Waals surface area (Å²) < 4.78 is 0. The molecule has 172 valence electrons. The molecule has 0 radical (unpaired) electrons. The summed E-state index contributed by atoms with van der Waals surface area (Å²) in [5.74, 6) is -1.51. The largest absolute Gasteiger partial charge is 0.477 e. The molecule has 0 aliphatic carbocycles. The van der Waals surface area contributed by atoms with Gasteiger partial charge in [0.2, 0.25) is 11.8 Å². The van der Waals surface area contributed by atoms with Crippen molar-refractivity contribution in [2.24, 2.45) is 23.5 Å². The van der Waals surface area contributed by atoms with Crippen molar-refractivity contribution in [3.05, 3.63) is 10.6 Å². The van der Waals surface area contributed by atoms with Crippen LogP contribution in [0.25, 0.3) is 0 Å². The fraction of sp³-hybridized carbons (Fsp3) is 0.762. The molecule has 9 nitrogen and oxygen atoms in total. The topological polar surface area (TPSA) is 127 Å². The van der Waals surface area contributed by atoms with Crippen molar-refractivity contribution in [2.75, 3.05) is 39.3 Å². The van der Waals surface area contributed by atoms with E-state index in [1.807, 2.05) is 11.8 Å². The van der Waals surface area contributed by atoms with Crippen LogP contribution in [0.4, 0.5) is 0 Å². The van der Waals surface area contributed by atoms with E-state index in [0.29, 0.717) is 5.92 Å². The molecule has 4 aliphatic heterocycles. The number of aliphatic hydroxyl groups is 1. The number of carbonyl (C=O) groups is 3. The summed E-state index contributed by atoms with van der Waals surface area (Å²) in [6, 6.07) is -0.261. The lowest BCUT2D eigenvalue weighted by molar-refractivity contribution is -0.163. The number of carboxylic acid groups (broad SMARTS) is 1. The van der Waals surface area contributed by atoms with Gasteiger partial charge < -0.3 is 30.6 Å². The molecule has 3 saturated heterocycles. The third-order valence-electron chi connectivity index (χ3n) is 7.16. The number of rotatable bonds is 7. The number of β-lactam (4-membered cyclic amide) rings is 1. The number of carbonyl (C=O) groups excluding carboxylic acids is 2. The van der Waals surface area contributed by atoms with Gasteiger partial charge in [-0.05, 0) is 32.2 Å². The first kappa shape index (κ1) is 22.6. The fourth-order valence-corrected chi connectivity index (χ4v) is 7.14. The Morgan fingerprint density at radius 1 is 1.26 bits per heavy atom. The minimum atomic E-state index is -1.07. The second-order valence-electron chi connectivity index (χ2n) is 9.26. The summed E-state index contributed by atoms with van der Waals surface area (Å²) in [6.07, 6.45) is 1.17. The molecule has 0 unspecified atom stereocenters. The molecule has 0 bridgehead atoms. The van der Waals surface area contributed by atoms with Gasteiger partial charge in [0, 0.05) is 42.3 Å². The molecule has 0 aromatic heterocycles. The van der Waals surface area contributed by atoms with Gasteiger partial charge in [0.15, 0.2) is 0 Å². The molecule has 4 rings (SSSR count). The average Bonchev–Trinajstić information content (AvgIpc) is 3.41. The summed E-state index contributed by atoms with van der Waals surface area (Å²) >= 11 is 1.59. The zero-order valence-corrected chi connectivity index (χ0v) is 18.9. The van der Waals surface area contributed by atoms with E-state index in [2.05, 4.69) is 4.90 Å². The predicted molar refractivity (Wildman–Crippen MR) is 116 cm³/mol. The van der Waals surface area contributed by atoms with Crippen LogP contribution < -0.4 is 5.73 Å². The quantitative estimate of drug-likeness (QED) is 0.452. The third-order valence-corrected chi connectivity index (χ3v) is 8.70. The molecule has 4 aliphatic rings. The first-order valence-electron chi connectivity index (χ1n) is 11.1. The molecule has 0 saturated carbocycles. The van der Waals surface area contributed by atoms with Gasteiger partial charge >= 0.3 is 5.97 Å². The van der Waals surface area contributed by atoms with E-state index in [-0.39, 0.29) is 41.3 Å². The number of likely N-dealkylation sites (tertiary alicyclic amines) is 2. The van der Waals surface area contributed by atoms with Crippen LogP contribution in [0.15, 0.2) is 10.6 Å². The van der Waals surface area contributed by atoms with Crippen LogP contribution in [0, 0.1) is 17.8 Å². The normalized spacial score (nSPS) is 34.3. The molecule has 0 aromatic carbocycles. The Balaban J connectivity index is 1.37. The number of hydrogen-bond acceptors (Lipinski definition) is 7. The summed E-state index contributed by atoms with van der Waals surface area (Å²) in [5.41, 5.74) is 5.58. The Morgan fingerprint density at radius 3 is 2.65 bits per heavy atom. The van der Waals surface area contributed by atoms with Crippen LogP contribution >= 0.6 is 11.8 Å². The Bertz CT molecular complexity index is 803. The van der Waals surface area contributed by atoms with Gasteiger partial charge in [0.1, 0.15) is 5.70 Å². The van der Waals surface area contributed by atoms with E-state index in [1.54, 1.807) is 18.7 Å². The Hall–Kier alpha value is -1.62. The molecule has 0 aromatic rings. The Labute approximate surface area is 186 Å². The predicted octanol–water partition coefficient (Wildman–Crippen LogP) is -0.245. The highest BCUT2D eigenvalue weighted by Crippen LogP contribution is 2.51. The third kappa shape index (κ3) is 3.99. The maximum atomic E-state index is 12.5. The molecule has 2 amide bonds. The molecule has 10 heteroatoms. The first-order chi connectivity index (χ1) is 14.7. The van der Waals surface area contributed by atoms with E-state index in [9.17, 15) is 24.6 Å². The van der Waals surface area contributed by atoms with E-state index in [0.717, 1.165) is 50.5 Å². The van der Waals surface area contributed by atoms with Crippen molar-refractivity contribution in [3.63, 3.8) is 0 Å². The standard InChI is InChI=1S/C21H32N4O5S/c1-11-17-16(12(2)26)20(28)25(17)18(21(29)30)19(11)31-14-4-5-23(10-14)8-13-3-6-24(9-13)15(27)7-22/h11-14,16-17,26H,3-10,22H2,1-2H3,(H,29,30)/t11-,12-,13+,14-,16-,17-/m1/s1. The van der Waals surface area contributed by atoms with Crippen LogP contribution in [0.5, 0.6) is 0 Å². The average molecular weight is 453 g/mol. The molecule has 3 fully saturated rings. The molecular weight excluding hydrogens is 420 g/mol. The van der Waals surface area contributed by atoms with Gasteiger partial charge in [0.25, 0.3) is 0 Å². The Morgan fingerprint density at radius 2 is 2.00 bits per heavy atom. The minimum absolute atomic E-state index is 0.00962. The molecular formula is C21H32N4O5S. The Kier molecular flexibility index (Phi) is 6.35. The number of carboxylic acids is 1. The van der Waals surface area contributed by atoms with Crippen molar-refractivity contribution >= 4 is 29.5 Å². The maximum absolute atomic E-state index is 12.5. The fourth-order valence-electron chi connectivity index (χ4n) is 5.62. The van der Waals surface area contributed by atoms with Crippen molar-refractivity contribution in [3.8, 4) is 0 Å². The maximum Gasteiger partial charge on any atom is 0.353 e. The van der Waals surface area contributed by atoms with E-state index in [4.69, 9.17) is 5.73 Å². The van der Waals surface area contributed by atoms with E-state index >= 15 is 0 Å². The van der Waals surface area contributed by atoms with E-state index < -0.39 is 18.0 Å². The molecule has 0 spiro atoms. The lowest BCUT2D eigenvalue weighted by Gasteiger charge is -2.46. The van der Waals surface area contributed by atoms with Crippen molar-refractivity contribution in [1.82, 2.24) is 14.7 Å². The lowest BCUT2D eigenvalue weighted by Crippen LogP contribution is -2.63. The number of fused-ring (bicyclic) bond motifs is 1. The van der Waals surface area contributed by atoms with Crippen molar-refractivity contribution < 1.29 is 24.6 Å². The highest BCUT2D eigenvalue weighted by atomic mass is 32.2. The van der Waals surface area contributed by atoms with Crippen LogP contribution in [0.2, 0.25) is 0 Å². The van der Waals surface area contributed by atoms with Gasteiger partial charge in [-0.1, -0.05) is 6.92 Å². The summed E-state index contributed by atoms with van der Waals surface area (Å²) in [4.78, 5) is 42.6. The summed E-state index contributed by atoms with van der Waals surface area (Å²) in [5, 5.41) is 20.0. The molecule has 4 heterocycles. The summed E-state index contributed by atoms with van der Waals surface area (Å²) in [7, 11) is 0. The van der Waals surface area contributed by atoms with E-state index in [1.165, 1.54) is 4.90 Å². The second kappa shape index (κ2) is 8.73. The number of nitrogens with two attached hydrogens (primary N) is 1. The van der Waals surface area contributed by atoms with Crippen molar-refractivity contribution in [2.45, 2.75) is 44.1 Å². The lowest BCUT2D eigenvalue weighted by atomic mass is 9.79. The van der Waals surface area contributed by atoms with Gasteiger partial charge in [0.05, 0.1) is 24.6 Å². The smallest absolute Gasteiger partial charge is 0.353 e. The highest BCUT2D eigenvalue weighted by Gasteiger charge is 2.60. The first-order valence-corrected chi connectivity index (χ1v) is 12.0. The zero-order chi connectivity index (χ0) is 22.4. The number of thioether (sulfide) groups is 1. The number of hydrogen-bond donors (Lipinski definition) is 3. The number of aliphatic hydroxyl groups excluding tert-OH is 1. The minimum Gasteiger partial charge on any atom is -0.477 e. The molecule has 31 heavy (non-hydrogen) atoms. The van der Waals surface area contributed by atoms with Crippen molar-refractivity contribution in [1.29, 1.82) is 0 Å². The molecule has 4 N–H and O–H groups in total.